The van der Waals surface area contributed by atoms with Gasteiger partial charge in [0.15, 0.2) is 5.78 Å². The van der Waals surface area contributed by atoms with Crippen molar-refractivity contribution in [2.75, 3.05) is 13.1 Å². The Hall–Kier alpha value is -3.02. The first-order chi connectivity index (χ1) is 12.3. The van der Waals surface area contributed by atoms with Crippen molar-refractivity contribution in [2.24, 2.45) is 0 Å². The van der Waals surface area contributed by atoms with Crippen molar-refractivity contribution in [2.45, 2.75) is 26.4 Å². The number of ketones is 1. The van der Waals surface area contributed by atoms with Gasteiger partial charge < -0.3 is 13.6 Å². The van der Waals surface area contributed by atoms with Crippen LogP contribution in [0.3, 0.4) is 0 Å². The van der Waals surface area contributed by atoms with Gasteiger partial charge in [0.05, 0.1) is 25.6 Å². The molecular formula is C20H21NO5. The molecule has 0 N–H and O–H groups in total. The molecule has 0 spiro atoms. The molecule has 0 saturated carbocycles. The molecule has 6 heteroatoms. The highest BCUT2D eigenvalue weighted by Crippen LogP contribution is 2.24. The number of likely N-dealkylation sites (tertiary alicyclic amines) is 1. The molecule has 136 valence electrons. The summed E-state index contributed by atoms with van der Waals surface area (Å²) in [6.07, 6.45) is 5.89. The van der Waals surface area contributed by atoms with Crippen LogP contribution in [-0.4, -0.2) is 35.5 Å². The molecule has 0 unspecified atom stereocenters. The minimum absolute atomic E-state index is 0.141. The lowest BCUT2D eigenvalue weighted by molar-refractivity contribution is -0.113. The quantitative estimate of drug-likeness (QED) is 0.756. The van der Waals surface area contributed by atoms with E-state index in [0.717, 1.165) is 0 Å². The molecule has 6 nitrogen and oxygen atoms in total. The number of rotatable bonds is 2. The van der Waals surface area contributed by atoms with Gasteiger partial charge in [0.25, 0.3) is 0 Å². The number of amides is 1. The zero-order valence-electron chi connectivity index (χ0n) is 15.0. The third-order valence-corrected chi connectivity index (χ3v) is 3.68. The first-order valence-electron chi connectivity index (χ1n) is 8.32. The lowest BCUT2D eigenvalue weighted by atomic mass is 9.96. The highest BCUT2D eigenvalue weighted by molar-refractivity contribution is 6.15. The van der Waals surface area contributed by atoms with Crippen LogP contribution in [0.2, 0.25) is 0 Å². The fourth-order valence-corrected chi connectivity index (χ4v) is 2.59. The van der Waals surface area contributed by atoms with E-state index < -0.39 is 11.7 Å². The van der Waals surface area contributed by atoms with E-state index in [4.69, 9.17) is 13.6 Å². The molecule has 0 radical (unpaired) electrons. The Morgan fingerprint density at radius 3 is 1.92 bits per heavy atom. The summed E-state index contributed by atoms with van der Waals surface area (Å²) < 4.78 is 16.1. The van der Waals surface area contributed by atoms with Crippen molar-refractivity contribution in [3.63, 3.8) is 0 Å². The Morgan fingerprint density at radius 1 is 1.04 bits per heavy atom. The molecule has 1 saturated heterocycles. The van der Waals surface area contributed by atoms with Crippen molar-refractivity contribution < 1.29 is 23.2 Å². The second kappa shape index (κ2) is 7.07. The Labute approximate surface area is 151 Å². The van der Waals surface area contributed by atoms with Gasteiger partial charge in [-0.25, -0.2) is 4.79 Å². The van der Waals surface area contributed by atoms with Crippen LogP contribution in [0, 0.1) is 0 Å². The van der Waals surface area contributed by atoms with Gasteiger partial charge in [0.1, 0.15) is 17.1 Å². The van der Waals surface area contributed by atoms with Crippen LogP contribution in [-0.2, 0) is 9.53 Å². The number of nitrogens with zero attached hydrogens (tertiary/aromatic N) is 1. The first-order valence-corrected chi connectivity index (χ1v) is 8.32. The maximum atomic E-state index is 12.8. The van der Waals surface area contributed by atoms with E-state index in [9.17, 15) is 9.59 Å². The molecule has 3 rings (SSSR count). The number of hydrogen-bond acceptors (Lipinski definition) is 5. The van der Waals surface area contributed by atoms with Gasteiger partial charge in [0.2, 0.25) is 0 Å². The van der Waals surface area contributed by atoms with Crippen LogP contribution in [0.4, 0.5) is 4.79 Å². The maximum Gasteiger partial charge on any atom is 0.410 e. The molecule has 0 aromatic carbocycles. The molecule has 1 amide bonds. The number of furan rings is 2. The van der Waals surface area contributed by atoms with Gasteiger partial charge in [-0.2, -0.15) is 0 Å². The van der Waals surface area contributed by atoms with E-state index in [1.54, 1.807) is 57.2 Å². The van der Waals surface area contributed by atoms with Crippen molar-refractivity contribution >= 4 is 24.0 Å². The normalized spacial score (nSPS) is 18.6. The predicted octanol–water partition coefficient (Wildman–Crippen LogP) is 4.16. The smallest absolute Gasteiger partial charge is 0.410 e. The van der Waals surface area contributed by atoms with Gasteiger partial charge in [-0.1, -0.05) is 0 Å². The van der Waals surface area contributed by atoms with Gasteiger partial charge in [-0.3, -0.25) is 9.69 Å². The number of ether oxygens (including phenoxy) is 1. The molecule has 2 aromatic heterocycles. The maximum absolute atomic E-state index is 12.8. The summed E-state index contributed by atoms with van der Waals surface area (Å²) in [7, 11) is 0. The van der Waals surface area contributed by atoms with Gasteiger partial charge in [-0.05, 0) is 57.2 Å². The summed E-state index contributed by atoms with van der Waals surface area (Å²) >= 11 is 0. The zero-order chi connectivity index (χ0) is 18.7. The molecule has 1 aliphatic rings. The third-order valence-electron chi connectivity index (χ3n) is 3.68. The lowest BCUT2D eigenvalue weighted by Crippen LogP contribution is -2.44. The molecular weight excluding hydrogens is 334 g/mol. The summed E-state index contributed by atoms with van der Waals surface area (Å²) in [5.74, 6) is 0.964. The first kappa shape index (κ1) is 17.8. The molecule has 1 aliphatic heterocycles. The van der Waals surface area contributed by atoms with Crippen LogP contribution in [0.15, 0.2) is 56.8 Å². The predicted molar refractivity (Wildman–Crippen MR) is 96.2 cm³/mol. The van der Waals surface area contributed by atoms with Crippen molar-refractivity contribution in [3.8, 4) is 0 Å². The summed E-state index contributed by atoms with van der Waals surface area (Å²) in [5.41, 5.74) is 0.290. The molecule has 0 aliphatic carbocycles. The summed E-state index contributed by atoms with van der Waals surface area (Å²) in [5, 5.41) is 0. The lowest BCUT2D eigenvalue weighted by Gasteiger charge is -2.31. The van der Waals surface area contributed by atoms with E-state index in [-0.39, 0.29) is 18.9 Å². The number of carbonyl (C=O) groups excluding carboxylic acids is 2. The Bertz CT molecular complexity index is 779. The van der Waals surface area contributed by atoms with E-state index in [1.165, 1.54) is 17.4 Å². The van der Waals surface area contributed by atoms with Gasteiger partial charge >= 0.3 is 6.09 Å². The second-order valence-electron chi connectivity index (χ2n) is 7.04. The third kappa shape index (κ3) is 4.33. The Morgan fingerprint density at radius 2 is 1.54 bits per heavy atom. The highest BCUT2D eigenvalue weighted by atomic mass is 16.6. The Balaban J connectivity index is 1.92. The molecule has 0 atom stereocenters. The molecule has 2 aromatic rings. The minimum Gasteiger partial charge on any atom is -0.465 e. The van der Waals surface area contributed by atoms with Gasteiger partial charge in [0, 0.05) is 11.1 Å². The molecule has 3 heterocycles. The largest absolute Gasteiger partial charge is 0.465 e. The zero-order valence-corrected chi connectivity index (χ0v) is 15.0. The fourth-order valence-electron chi connectivity index (χ4n) is 2.59. The standard InChI is InChI=1S/C20H21NO5/c1-20(2,3)26-19(23)21-12-14(10-16-6-4-8-24-16)18(22)15(13-21)11-17-7-5-9-25-17/h4-11H,12-13H2,1-3H3/b14-10+,15-11?. The van der Waals surface area contributed by atoms with E-state index in [0.29, 0.717) is 22.7 Å². The van der Waals surface area contributed by atoms with Crippen molar-refractivity contribution in [1.29, 1.82) is 0 Å². The summed E-state index contributed by atoms with van der Waals surface area (Å²) in [4.78, 5) is 26.8. The molecule has 1 fully saturated rings. The van der Waals surface area contributed by atoms with E-state index in [1.807, 2.05) is 0 Å². The second-order valence-corrected chi connectivity index (χ2v) is 7.04. The highest BCUT2D eigenvalue weighted by Gasteiger charge is 2.32. The van der Waals surface area contributed by atoms with E-state index >= 15 is 0 Å². The molecule has 26 heavy (non-hydrogen) atoms. The number of carbonyl (C=O) groups is 2. The number of Topliss-reactive ketones (excluding diaryl/α,β-unsaturated/α-hetero) is 1. The average Bonchev–Trinajstić information content (AvgIpc) is 3.23. The number of piperidine rings is 1. The average molecular weight is 355 g/mol. The van der Waals surface area contributed by atoms with Crippen LogP contribution in [0.5, 0.6) is 0 Å². The van der Waals surface area contributed by atoms with Crippen molar-refractivity contribution in [3.05, 3.63) is 59.5 Å². The Kier molecular flexibility index (Phi) is 4.84. The summed E-state index contributed by atoms with van der Waals surface area (Å²) in [6, 6.07) is 6.99. The van der Waals surface area contributed by atoms with E-state index in [2.05, 4.69) is 0 Å². The fraction of sp³-hybridized carbons (Fsp3) is 0.300. The van der Waals surface area contributed by atoms with Crippen LogP contribution in [0.1, 0.15) is 32.3 Å². The van der Waals surface area contributed by atoms with Gasteiger partial charge in [-0.15, -0.1) is 0 Å². The monoisotopic (exact) mass is 355 g/mol. The SMILES string of the molecule is CC(C)(C)OC(=O)N1CC(=Cc2ccco2)C(=O)/C(=C/c2ccco2)C1. The van der Waals surface area contributed by atoms with Crippen molar-refractivity contribution in [1.82, 2.24) is 4.90 Å². The number of hydrogen-bond donors (Lipinski definition) is 0. The summed E-state index contributed by atoms with van der Waals surface area (Å²) in [6.45, 7) is 5.73. The van der Waals surface area contributed by atoms with Crippen LogP contribution in [0.25, 0.3) is 12.2 Å². The topological polar surface area (TPSA) is 72.9 Å². The van der Waals surface area contributed by atoms with Crippen LogP contribution < -0.4 is 0 Å². The van der Waals surface area contributed by atoms with Crippen LogP contribution >= 0.6 is 0 Å². The molecule has 0 bridgehead atoms. The minimum atomic E-state index is -0.617.